The molecular weight excluding hydrogens is 370 g/mol. The number of benzene rings is 1. The van der Waals surface area contributed by atoms with Crippen LogP contribution in [-0.4, -0.2) is 47.7 Å². The summed E-state index contributed by atoms with van der Waals surface area (Å²) in [5.41, 5.74) is -1.17. The molecule has 0 aliphatic carbocycles. The van der Waals surface area contributed by atoms with Gasteiger partial charge in [-0.05, 0) is 39.2 Å². The lowest BCUT2D eigenvalue weighted by atomic mass is 9.86. The number of alkyl halides is 2. The van der Waals surface area contributed by atoms with E-state index in [1.165, 1.54) is 4.90 Å². The molecule has 0 radical (unpaired) electrons. The van der Waals surface area contributed by atoms with Crippen molar-refractivity contribution in [3.05, 3.63) is 35.9 Å². The van der Waals surface area contributed by atoms with Crippen molar-refractivity contribution < 1.29 is 27.8 Å². The average Bonchev–Trinajstić information content (AvgIpc) is 2.58. The Morgan fingerprint density at radius 3 is 2.54 bits per heavy atom. The van der Waals surface area contributed by atoms with Crippen LogP contribution in [0.2, 0.25) is 0 Å². The van der Waals surface area contributed by atoms with Gasteiger partial charge in [-0.1, -0.05) is 30.3 Å². The van der Waals surface area contributed by atoms with E-state index in [0.717, 1.165) is 5.56 Å². The van der Waals surface area contributed by atoms with Crippen LogP contribution < -0.4 is 5.32 Å². The van der Waals surface area contributed by atoms with E-state index in [-0.39, 0.29) is 13.2 Å². The van der Waals surface area contributed by atoms with Gasteiger partial charge in [-0.3, -0.25) is 0 Å². The third-order valence-corrected chi connectivity index (χ3v) is 4.35. The Balaban J connectivity index is 2.03. The second-order valence-corrected chi connectivity index (χ2v) is 8.07. The van der Waals surface area contributed by atoms with Crippen LogP contribution in [0.15, 0.2) is 30.3 Å². The summed E-state index contributed by atoms with van der Waals surface area (Å²) in [6.07, 6.45) is -3.74. The van der Waals surface area contributed by atoms with Gasteiger partial charge in [0, 0.05) is 19.5 Å². The molecule has 8 heteroatoms. The van der Waals surface area contributed by atoms with Crippen LogP contribution in [0.4, 0.5) is 18.4 Å². The molecule has 2 rings (SSSR count). The van der Waals surface area contributed by atoms with E-state index in [9.17, 15) is 18.4 Å². The smallest absolute Gasteiger partial charge is 0.410 e. The Hall–Kier alpha value is -2.38. The Kier molecular flexibility index (Phi) is 7.21. The molecule has 0 aromatic heterocycles. The SMILES string of the molecule is CC(C)(C)OC(=O)NC1(CC(F)F)CCCN(C(=O)OCc2ccccc2)C1. The molecule has 1 unspecified atom stereocenters. The molecule has 2 amide bonds. The number of nitrogens with one attached hydrogen (secondary N) is 1. The largest absolute Gasteiger partial charge is 0.445 e. The molecule has 156 valence electrons. The number of carbonyl (C=O) groups excluding carboxylic acids is 2. The first-order valence-corrected chi connectivity index (χ1v) is 9.33. The van der Waals surface area contributed by atoms with Crippen LogP contribution in [0.3, 0.4) is 0 Å². The molecule has 1 saturated heterocycles. The summed E-state index contributed by atoms with van der Waals surface area (Å²) in [5, 5.41) is 2.59. The molecule has 1 fully saturated rings. The fraction of sp³-hybridized carbons (Fsp3) is 0.600. The van der Waals surface area contributed by atoms with Crippen molar-refractivity contribution in [3.8, 4) is 0 Å². The third-order valence-electron chi connectivity index (χ3n) is 4.35. The van der Waals surface area contributed by atoms with Gasteiger partial charge in [0.15, 0.2) is 0 Å². The Labute approximate surface area is 164 Å². The molecule has 28 heavy (non-hydrogen) atoms. The fourth-order valence-corrected chi connectivity index (χ4v) is 3.23. The maximum atomic E-state index is 13.2. The quantitative estimate of drug-likeness (QED) is 0.801. The number of amides is 2. The third kappa shape index (κ3) is 6.98. The van der Waals surface area contributed by atoms with Crippen molar-refractivity contribution in [1.29, 1.82) is 0 Å². The minimum absolute atomic E-state index is 0.0514. The van der Waals surface area contributed by atoms with Gasteiger partial charge < -0.3 is 19.7 Å². The summed E-state index contributed by atoms with van der Waals surface area (Å²) in [5.74, 6) is 0. The number of halogens is 2. The molecule has 6 nitrogen and oxygen atoms in total. The Bertz CT molecular complexity index is 664. The molecule has 1 aliphatic rings. The summed E-state index contributed by atoms with van der Waals surface area (Å²) in [4.78, 5) is 26.0. The van der Waals surface area contributed by atoms with Crippen molar-refractivity contribution in [1.82, 2.24) is 10.2 Å². The van der Waals surface area contributed by atoms with E-state index in [2.05, 4.69) is 5.32 Å². The van der Waals surface area contributed by atoms with Gasteiger partial charge in [0.05, 0.1) is 5.54 Å². The standard InChI is InChI=1S/C20H28F2N2O4/c1-19(2,3)28-17(25)23-20(12-16(21)22)10-7-11-24(14-20)18(26)27-13-15-8-5-4-6-9-15/h4-6,8-9,16H,7,10-14H2,1-3H3,(H,23,25). The van der Waals surface area contributed by atoms with Gasteiger partial charge in [-0.2, -0.15) is 0 Å². The van der Waals surface area contributed by atoms with E-state index >= 15 is 0 Å². The van der Waals surface area contributed by atoms with Crippen molar-refractivity contribution in [2.75, 3.05) is 13.1 Å². The van der Waals surface area contributed by atoms with Gasteiger partial charge in [0.2, 0.25) is 6.43 Å². The number of piperidine rings is 1. The number of likely N-dealkylation sites (tertiary alicyclic amines) is 1. The summed E-state index contributed by atoms with van der Waals surface area (Å²) in [6, 6.07) is 9.19. The van der Waals surface area contributed by atoms with Crippen LogP contribution in [-0.2, 0) is 16.1 Å². The van der Waals surface area contributed by atoms with Gasteiger partial charge in [-0.15, -0.1) is 0 Å². The predicted molar refractivity (Wildman–Crippen MR) is 100 cm³/mol. The lowest BCUT2D eigenvalue weighted by Gasteiger charge is -2.42. The highest BCUT2D eigenvalue weighted by Gasteiger charge is 2.42. The molecule has 1 aromatic rings. The maximum Gasteiger partial charge on any atom is 0.410 e. The molecule has 1 atom stereocenters. The number of rotatable bonds is 5. The highest BCUT2D eigenvalue weighted by Crippen LogP contribution is 2.28. The number of ether oxygens (including phenoxy) is 2. The van der Waals surface area contributed by atoms with Crippen LogP contribution in [0.5, 0.6) is 0 Å². The van der Waals surface area contributed by atoms with E-state index in [1.807, 2.05) is 30.3 Å². The van der Waals surface area contributed by atoms with E-state index in [4.69, 9.17) is 9.47 Å². The zero-order chi connectivity index (χ0) is 20.8. The zero-order valence-corrected chi connectivity index (χ0v) is 16.5. The predicted octanol–water partition coefficient (Wildman–Crippen LogP) is 4.34. The molecule has 1 aliphatic heterocycles. The maximum absolute atomic E-state index is 13.2. The second kappa shape index (κ2) is 9.21. The number of alkyl carbamates (subject to hydrolysis) is 1. The van der Waals surface area contributed by atoms with Crippen molar-refractivity contribution in [2.45, 2.75) is 64.2 Å². The number of nitrogens with zero attached hydrogens (tertiary/aromatic N) is 1. The first-order chi connectivity index (χ1) is 13.1. The number of carbonyl (C=O) groups is 2. The molecule has 1 aromatic carbocycles. The van der Waals surface area contributed by atoms with Crippen LogP contribution in [0, 0.1) is 0 Å². The molecule has 0 saturated carbocycles. The minimum Gasteiger partial charge on any atom is -0.445 e. The second-order valence-electron chi connectivity index (χ2n) is 8.07. The van der Waals surface area contributed by atoms with Gasteiger partial charge >= 0.3 is 12.2 Å². The highest BCUT2D eigenvalue weighted by molar-refractivity contribution is 5.70. The van der Waals surface area contributed by atoms with Crippen LogP contribution in [0.1, 0.15) is 45.6 Å². The normalized spacial score (nSPS) is 20.0. The Morgan fingerprint density at radius 1 is 1.25 bits per heavy atom. The summed E-state index contributed by atoms with van der Waals surface area (Å²) in [6.45, 7) is 5.51. The molecule has 0 bridgehead atoms. The summed E-state index contributed by atoms with van der Waals surface area (Å²) >= 11 is 0. The lowest BCUT2D eigenvalue weighted by Crippen LogP contribution is -2.61. The fourth-order valence-electron chi connectivity index (χ4n) is 3.23. The van der Waals surface area contributed by atoms with Crippen LogP contribution in [0.25, 0.3) is 0 Å². The van der Waals surface area contributed by atoms with Crippen molar-refractivity contribution in [3.63, 3.8) is 0 Å². The number of hydrogen-bond acceptors (Lipinski definition) is 4. The Morgan fingerprint density at radius 2 is 1.93 bits per heavy atom. The number of hydrogen-bond donors (Lipinski definition) is 1. The molecular formula is C20H28F2N2O4. The van der Waals surface area contributed by atoms with Gasteiger partial charge in [0.25, 0.3) is 0 Å². The van der Waals surface area contributed by atoms with Gasteiger partial charge in [0.1, 0.15) is 12.2 Å². The van der Waals surface area contributed by atoms with Crippen molar-refractivity contribution >= 4 is 12.2 Å². The van der Waals surface area contributed by atoms with Gasteiger partial charge in [-0.25, -0.2) is 18.4 Å². The zero-order valence-electron chi connectivity index (χ0n) is 16.5. The topological polar surface area (TPSA) is 67.9 Å². The lowest BCUT2D eigenvalue weighted by molar-refractivity contribution is 0.0144. The van der Waals surface area contributed by atoms with E-state index in [1.54, 1.807) is 20.8 Å². The summed E-state index contributed by atoms with van der Waals surface area (Å²) in [7, 11) is 0. The molecule has 1 N–H and O–H groups in total. The van der Waals surface area contributed by atoms with E-state index < -0.39 is 36.2 Å². The average molecular weight is 398 g/mol. The molecule has 1 heterocycles. The summed E-state index contributed by atoms with van der Waals surface area (Å²) < 4.78 is 37.0. The van der Waals surface area contributed by atoms with Crippen molar-refractivity contribution in [2.24, 2.45) is 0 Å². The first kappa shape index (κ1) is 21.9. The monoisotopic (exact) mass is 398 g/mol. The highest BCUT2D eigenvalue weighted by atomic mass is 19.3. The van der Waals surface area contributed by atoms with Crippen LogP contribution >= 0.6 is 0 Å². The molecule has 0 spiro atoms. The van der Waals surface area contributed by atoms with E-state index in [0.29, 0.717) is 19.4 Å². The first-order valence-electron chi connectivity index (χ1n) is 9.33. The minimum atomic E-state index is -2.63.